The molecule has 0 bridgehead atoms. The highest BCUT2D eigenvalue weighted by Crippen LogP contribution is 2.07. The molecule has 1 aliphatic heterocycles. The van der Waals surface area contributed by atoms with Crippen LogP contribution in [0.15, 0.2) is 0 Å². The molecule has 1 fully saturated rings. The molecule has 12 heavy (non-hydrogen) atoms. The van der Waals surface area contributed by atoms with Gasteiger partial charge in [0.2, 0.25) is 0 Å². The average molecular weight is 171 g/mol. The van der Waals surface area contributed by atoms with E-state index in [1.807, 2.05) is 0 Å². The minimum Gasteiger partial charge on any atom is -0.304 e. The van der Waals surface area contributed by atoms with E-state index < -0.39 is 6.23 Å². The highest BCUT2D eigenvalue weighted by Gasteiger charge is 2.20. The van der Waals surface area contributed by atoms with Gasteiger partial charge in [0.15, 0.2) is 0 Å². The van der Waals surface area contributed by atoms with Crippen LogP contribution < -0.4 is 0 Å². The van der Waals surface area contributed by atoms with Gasteiger partial charge in [0.1, 0.15) is 6.23 Å². The Morgan fingerprint density at radius 2 is 1.83 bits per heavy atom. The van der Waals surface area contributed by atoms with Crippen LogP contribution in [0.1, 0.15) is 19.8 Å². The van der Waals surface area contributed by atoms with E-state index >= 15 is 0 Å². The summed E-state index contributed by atoms with van der Waals surface area (Å²) in [6.45, 7) is 6.06. The van der Waals surface area contributed by atoms with Crippen molar-refractivity contribution < 1.29 is 5.11 Å². The largest absolute Gasteiger partial charge is 0.304 e. The van der Waals surface area contributed by atoms with Gasteiger partial charge in [-0.15, -0.1) is 0 Å². The summed E-state index contributed by atoms with van der Waals surface area (Å²) in [4.78, 5) is 4.33. The fraction of sp³-hybridized carbons (Fsp3) is 1.00. The van der Waals surface area contributed by atoms with Gasteiger partial charge in [-0.1, -0.05) is 13.3 Å². The van der Waals surface area contributed by atoms with Crippen molar-refractivity contribution in [1.82, 2.24) is 9.80 Å². The summed E-state index contributed by atoms with van der Waals surface area (Å²) in [5.74, 6) is 0. The van der Waals surface area contributed by atoms with Crippen LogP contribution in [-0.2, 0) is 5.11 Å². The van der Waals surface area contributed by atoms with Crippen LogP contribution in [0.2, 0.25) is 0 Å². The molecule has 1 heterocycles. The number of rotatable bonds is 3. The predicted molar refractivity (Wildman–Crippen MR) is 48.5 cm³/mol. The molecule has 1 radical (unpaired) electrons. The maximum Gasteiger partial charge on any atom is 0.146 e. The molecular formula is C9H19N2O. The molecule has 0 aromatic carbocycles. The van der Waals surface area contributed by atoms with Crippen molar-refractivity contribution in [3.63, 3.8) is 0 Å². The second-order valence-electron chi connectivity index (χ2n) is 3.58. The van der Waals surface area contributed by atoms with Gasteiger partial charge in [-0.05, 0) is 13.5 Å². The van der Waals surface area contributed by atoms with Crippen LogP contribution in [0.25, 0.3) is 0 Å². The molecule has 0 amide bonds. The minimum absolute atomic E-state index is 0.455. The first kappa shape index (κ1) is 9.96. The van der Waals surface area contributed by atoms with Crippen LogP contribution >= 0.6 is 0 Å². The van der Waals surface area contributed by atoms with Crippen LogP contribution in [0, 0.1) is 0 Å². The van der Waals surface area contributed by atoms with Crippen molar-refractivity contribution in [1.29, 1.82) is 0 Å². The number of piperazine rings is 1. The van der Waals surface area contributed by atoms with E-state index in [0.29, 0.717) is 0 Å². The zero-order chi connectivity index (χ0) is 8.97. The maximum absolute atomic E-state index is 11.5. The van der Waals surface area contributed by atoms with Crippen LogP contribution in [-0.4, -0.2) is 49.3 Å². The molecular weight excluding hydrogens is 152 g/mol. The Kier molecular flexibility index (Phi) is 3.98. The lowest BCUT2D eigenvalue weighted by molar-refractivity contribution is -0.0701. The molecule has 0 aromatic rings. The Morgan fingerprint density at radius 3 is 2.33 bits per heavy atom. The highest BCUT2D eigenvalue weighted by molar-refractivity contribution is 4.70. The van der Waals surface area contributed by atoms with Gasteiger partial charge < -0.3 is 4.90 Å². The topological polar surface area (TPSA) is 26.4 Å². The van der Waals surface area contributed by atoms with Gasteiger partial charge in [-0.3, -0.25) is 4.90 Å². The van der Waals surface area contributed by atoms with Crippen molar-refractivity contribution in [2.24, 2.45) is 0 Å². The highest BCUT2D eigenvalue weighted by atomic mass is 16.3. The normalized spacial score (nSPS) is 24.2. The zero-order valence-electron chi connectivity index (χ0n) is 8.12. The number of likely N-dealkylation sites (N-methyl/N-ethyl adjacent to an activating group) is 1. The van der Waals surface area contributed by atoms with Gasteiger partial charge in [-0.25, -0.2) is 5.11 Å². The lowest BCUT2D eigenvalue weighted by Gasteiger charge is -2.34. The fourth-order valence-corrected chi connectivity index (χ4v) is 1.54. The van der Waals surface area contributed by atoms with Gasteiger partial charge in [-0.2, -0.15) is 0 Å². The molecule has 1 unspecified atom stereocenters. The zero-order valence-corrected chi connectivity index (χ0v) is 8.12. The third-order valence-electron chi connectivity index (χ3n) is 2.48. The Balaban J connectivity index is 2.24. The maximum atomic E-state index is 11.5. The molecule has 3 heteroatoms. The van der Waals surface area contributed by atoms with Gasteiger partial charge in [0, 0.05) is 26.2 Å². The molecule has 0 aromatic heterocycles. The molecule has 0 N–H and O–H groups in total. The van der Waals surface area contributed by atoms with Gasteiger partial charge >= 0.3 is 0 Å². The van der Waals surface area contributed by atoms with E-state index in [-0.39, 0.29) is 0 Å². The quantitative estimate of drug-likeness (QED) is 0.627. The first-order chi connectivity index (χ1) is 5.74. The molecule has 1 aliphatic rings. The van der Waals surface area contributed by atoms with E-state index in [1.165, 1.54) is 0 Å². The first-order valence-corrected chi connectivity index (χ1v) is 4.82. The van der Waals surface area contributed by atoms with Crippen molar-refractivity contribution in [3.8, 4) is 0 Å². The minimum atomic E-state index is -0.455. The molecule has 1 rings (SSSR count). The molecule has 0 spiro atoms. The third kappa shape index (κ3) is 2.73. The van der Waals surface area contributed by atoms with Gasteiger partial charge in [0.25, 0.3) is 0 Å². The smallest absolute Gasteiger partial charge is 0.146 e. The summed E-state index contributed by atoms with van der Waals surface area (Å²) in [6, 6.07) is 0. The summed E-state index contributed by atoms with van der Waals surface area (Å²) in [5, 5.41) is 11.5. The van der Waals surface area contributed by atoms with Gasteiger partial charge in [0.05, 0.1) is 0 Å². The average Bonchev–Trinajstić information content (AvgIpc) is 2.06. The molecule has 0 aliphatic carbocycles. The summed E-state index contributed by atoms with van der Waals surface area (Å²) in [6.07, 6.45) is 1.34. The second kappa shape index (κ2) is 4.80. The molecule has 71 valence electrons. The SMILES string of the molecule is CCCC([O])N1CCN(C)CC1. The van der Waals surface area contributed by atoms with E-state index in [4.69, 9.17) is 0 Å². The third-order valence-corrected chi connectivity index (χ3v) is 2.48. The molecule has 0 saturated carbocycles. The van der Waals surface area contributed by atoms with Crippen LogP contribution in [0.5, 0.6) is 0 Å². The van der Waals surface area contributed by atoms with Crippen molar-refractivity contribution >= 4 is 0 Å². The standard InChI is InChI=1S/C9H19N2O/c1-3-4-9(12)11-7-5-10(2)6-8-11/h9H,3-8H2,1-2H3. The summed E-state index contributed by atoms with van der Waals surface area (Å²) in [5.41, 5.74) is 0. The molecule has 3 nitrogen and oxygen atoms in total. The van der Waals surface area contributed by atoms with Crippen molar-refractivity contribution in [2.75, 3.05) is 33.2 Å². The lowest BCUT2D eigenvalue weighted by atomic mass is 10.2. The summed E-state index contributed by atoms with van der Waals surface area (Å²) in [7, 11) is 2.11. The van der Waals surface area contributed by atoms with E-state index in [0.717, 1.165) is 39.0 Å². The monoisotopic (exact) mass is 171 g/mol. The number of hydrogen-bond donors (Lipinski definition) is 0. The van der Waals surface area contributed by atoms with Crippen molar-refractivity contribution in [2.45, 2.75) is 26.0 Å². The Hall–Kier alpha value is -0.120. The Bertz CT molecular complexity index is 122. The second-order valence-corrected chi connectivity index (χ2v) is 3.58. The van der Waals surface area contributed by atoms with E-state index in [1.54, 1.807) is 0 Å². The van der Waals surface area contributed by atoms with Crippen molar-refractivity contribution in [3.05, 3.63) is 0 Å². The Morgan fingerprint density at radius 1 is 1.25 bits per heavy atom. The predicted octanol–water partition coefficient (Wildman–Crippen LogP) is 0.790. The molecule has 1 saturated heterocycles. The van der Waals surface area contributed by atoms with Crippen LogP contribution in [0.4, 0.5) is 0 Å². The van der Waals surface area contributed by atoms with Crippen LogP contribution in [0.3, 0.4) is 0 Å². The first-order valence-electron chi connectivity index (χ1n) is 4.82. The lowest BCUT2D eigenvalue weighted by Crippen LogP contribution is -2.48. The number of nitrogens with zero attached hydrogens (tertiary/aromatic N) is 2. The number of hydrogen-bond acceptors (Lipinski definition) is 2. The summed E-state index contributed by atoms with van der Waals surface area (Å²) < 4.78 is 0. The summed E-state index contributed by atoms with van der Waals surface area (Å²) >= 11 is 0. The molecule has 1 atom stereocenters. The fourth-order valence-electron chi connectivity index (χ4n) is 1.54. The Labute approximate surface area is 75.0 Å². The van der Waals surface area contributed by atoms with E-state index in [9.17, 15) is 5.11 Å². The van der Waals surface area contributed by atoms with E-state index in [2.05, 4.69) is 23.8 Å².